The van der Waals surface area contributed by atoms with E-state index in [1.807, 2.05) is 19.9 Å². The zero-order valence-electron chi connectivity index (χ0n) is 13.3. The molecule has 0 aliphatic rings. The Bertz CT molecular complexity index is 736. The number of methoxy groups -OCH3 is 1. The van der Waals surface area contributed by atoms with E-state index in [1.54, 1.807) is 17.4 Å². The lowest BCUT2D eigenvalue weighted by molar-refractivity contribution is -0.116. The van der Waals surface area contributed by atoms with Crippen LogP contribution in [0.4, 0.5) is 5.69 Å². The van der Waals surface area contributed by atoms with Crippen LogP contribution < -0.4 is 10.1 Å². The average molecular weight is 333 g/mol. The highest BCUT2D eigenvalue weighted by atomic mass is 32.1. The van der Waals surface area contributed by atoms with Crippen molar-refractivity contribution in [3.05, 3.63) is 39.6 Å². The first-order chi connectivity index (χ1) is 10.9. The molecule has 1 aromatic heterocycles. The number of aryl methyl sites for hydroxylation is 2. The van der Waals surface area contributed by atoms with E-state index < -0.39 is 0 Å². The molecule has 2 N–H and O–H groups in total. The number of hydrogen-bond acceptors (Lipinski definition) is 5. The molecule has 1 aromatic carbocycles. The van der Waals surface area contributed by atoms with Gasteiger partial charge in [-0.25, -0.2) is 0 Å². The normalized spacial score (nSPS) is 10.4. The largest absolute Gasteiger partial charge is 0.506 e. The fourth-order valence-electron chi connectivity index (χ4n) is 2.22. The lowest BCUT2D eigenvalue weighted by Crippen LogP contribution is -2.13. The summed E-state index contributed by atoms with van der Waals surface area (Å²) in [6, 6.07) is 6.42. The van der Waals surface area contributed by atoms with Crippen molar-refractivity contribution in [2.45, 2.75) is 26.7 Å². The van der Waals surface area contributed by atoms with Crippen LogP contribution in [0.1, 0.15) is 33.0 Å². The van der Waals surface area contributed by atoms with Crippen molar-refractivity contribution < 1.29 is 19.4 Å². The number of phenols is 1. The second-order valence-corrected chi connectivity index (χ2v) is 6.64. The number of Topliss-reactive ketones (excluding diaryl/α,β-unsaturated/α-hetero) is 1. The summed E-state index contributed by atoms with van der Waals surface area (Å²) in [5.74, 6) is 0.108. The highest BCUT2D eigenvalue weighted by Gasteiger charge is 2.14. The summed E-state index contributed by atoms with van der Waals surface area (Å²) in [4.78, 5) is 26.2. The highest BCUT2D eigenvalue weighted by molar-refractivity contribution is 7.12. The molecule has 6 heteroatoms. The van der Waals surface area contributed by atoms with Crippen LogP contribution in [0.25, 0.3) is 0 Å². The van der Waals surface area contributed by atoms with E-state index in [2.05, 4.69) is 5.32 Å². The second kappa shape index (κ2) is 7.28. The SMILES string of the molecule is COc1ccc(O)c(NC(=O)CCC(=O)c2cc(C)sc2C)c1. The average Bonchev–Trinajstić information content (AvgIpc) is 2.85. The summed E-state index contributed by atoms with van der Waals surface area (Å²) in [6.45, 7) is 3.85. The Labute approximate surface area is 138 Å². The van der Waals surface area contributed by atoms with Gasteiger partial charge in [0.25, 0.3) is 0 Å². The van der Waals surface area contributed by atoms with Crippen LogP contribution in [0.2, 0.25) is 0 Å². The first kappa shape index (κ1) is 17.0. The third-order valence-electron chi connectivity index (χ3n) is 3.40. The third-order valence-corrected chi connectivity index (χ3v) is 4.36. The minimum Gasteiger partial charge on any atom is -0.506 e. The Kier molecular flexibility index (Phi) is 5.39. The minimum absolute atomic E-state index is 0.0446. The Morgan fingerprint density at radius 1 is 1.22 bits per heavy atom. The van der Waals surface area contributed by atoms with Gasteiger partial charge in [-0.15, -0.1) is 11.3 Å². The van der Waals surface area contributed by atoms with Crippen molar-refractivity contribution in [3.8, 4) is 11.5 Å². The number of anilines is 1. The molecule has 5 nitrogen and oxygen atoms in total. The van der Waals surface area contributed by atoms with Gasteiger partial charge in [0.1, 0.15) is 11.5 Å². The fourth-order valence-corrected chi connectivity index (χ4v) is 3.17. The first-order valence-corrected chi connectivity index (χ1v) is 7.99. The Morgan fingerprint density at radius 3 is 2.57 bits per heavy atom. The van der Waals surface area contributed by atoms with Crippen molar-refractivity contribution in [1.82, 2.24) is 0 Å². The standard InChI is InChI=1S/C17H19NO4S/c1-10-8-13(11(2)23-10)15(19)6-7-17(21)18-14-9-12(22-3)4-5-16(14)20/h4-5,8-9,20H,6-7H2,1-3H3,(H,18,21). The highest BCUT2D eigenvalue weighted by Crippen LogP contribution is 2.28. The van der Waals surface area contributed by atoms with E-state index in [9.17, 15) is 14.7 Å². The van der Waals surface area contributed by atoms with Crippen LogP contribution in [0.3, 0.4) is 0 Å². The molecule has 0 atom stereocenters. The van der Waals surface area contributed by atoms with E-state index in [4.69, 9.17) is 4.74 Å². The summed E-state index contributed by atoms with van der Waals surface area (Å²) in [5.41, 5.74) is 0.953. The van der Waals surface area contributed by atoms with Gasteiger partial charge in [-0.2, -0.15) is 0 Å². The van der Waals surface area contributed by atoms with Crippen LogP contribution in [-0.2, 0) is 4.79 Å². The number of amides is 1. The lowest BCUT2D eigenvalue weighted by atomic mass is 10.1. The number of hydrogen-bond donors (Lipinski definition) is 2. The molecule has 0 bridgehead atoms. The van der Waals surface area contributed by atoms with Crippen LogP contribution >= 0.6 is 11.3 Å². The maximum Gasteiger partial charge on any atom is 0.224 e. The summed E-state index contributed by atoms with van der Waals surface area (Å²) in [6.07, 6.45) is 0.192. The molecule has 0 radical (unpaired) electrons. The molecule has 1 amide bonds. The van der Waals surface area contributed by atoms with E-state index in [0.717, 1.165) is 9.75 Å². The van der Waals surface area contributed by atoms with Crippen molar-refractivity contribution in [2.24, 2.45) is 0 Å². The second-order valence-electron chi connectivity index (χ2n) is 5.18. The summed E-state index contributed by atoms with van der Waals surface area (Å²) in [7, 11) is 1.50. The molecule has 0 fully saturated rings. The van der Waals surface area contributed by atoms with E-state index in [-0.39, 0.29) is 36.0 Å². The maximum absolute atomic E-state index is 12.2. The summed E-state index contributed by atoms with van der Waals surface area (Å²) < 4.78 is 5.05. The van der Waals surface area contributed by atoms with Crippen LogP contribution in [-0.4, -0.2) is 23.9 Å². The molecule has 0 saturated carbocycles. The smallest absolute Gasteiger partial charge is 0.224 e. The topological polar surface area (TPSA) is 75.6 Å². The van der Waals surface area contributed by atoms with E-state index in [1.165, 1.54) is 19.2 Å². The Hall–Kier alpha value is -2.34. The quantitative estimate of drug-likeness (QED) is 0.624. The molecular weight excluding hydrogens is 314 g/mol. The fraction of sp³-hybridized carbons (Fsp3) is 0.294. The van der Waals surface area contributed by atoms with Gasteiger partial charge in [-0.1, -0.05) is 0 Å². The van der Waals surface area contributed by atoms with Gasteiger partial charge in [-0.05, 0) is 32.0 Å². The van der Waals surface area contributed by atoms with Gasteiger partial charge in [0, 0.05) is 34.2 Å². The molecule has 0 spiro atoms. The summed E-state index contributed by atoms with van der Waals surface area (Å²) in [5, 5.41) is 12.3. The van der Waals surface area contributed by atoms with Crippen molar-refractivity contribution in [2.75, 3.05) is 12.4 Å². The molecule has 1 heterocycles. The predicted octanol–water partition coefficient (Wildman–Crippen LogP) is 3.68. The zero-order chi connectivity index (χ0) is 17.0. The number of nitrogens with one attached hydrogen (secondary N) is 1. The number of phenolic OH excluding ortho intramolecular Hbond substituents is 1. The van der Waals surface area contributed by atoms with Gasteiger partial charge < -0.3 is 15.2 Å². The molecule has 122 valence electrons. The van der Waals surface area contributed by atoms with Crippen LogP contribution in [0.5, 0.6) is 11.5 Å². The molecule has 0 aliphatic carbocycles. The van der Waals surface area contributed by atoms with E-state index in [0.29, 0.717) is 11.3 Å². The van der Waals surface area contributed by atoms with Gasteiger partial charge in [-0.3, -0.25) is 9.59 Å². The lowest BCUT2D eigenvalue weighted by Gasteiger charge is -2.09. The van der Waals surface area contributed by atoms with Gasteiger partial charge >= 0.3 is 0 Å². The number of carbonyl (C=O) groups is 2. The van der Waals surface area contributed by atoms with Crippen molar-refractivity contribution in [3.63, 3.8) is 0 Å². The van der Waals surface area contributed by atoms with Crippen molar-refractivity contribution >= 4 is 28.7 Å². The third kappa shape index (κ3) is 4.32. The number of ether oxygens (including phenoxy) is 1. The van der Waals surface area contributed by atoms with Gasteiger partial charge in [0.2, 0.25) is 5.91 Å². The minimum atomic E-state index is -0.327. The number of benzene rings is 1. The molecule has 0 aliphatic heterocycles. The van der Waals surface area contributed by atoms with Gasteiger partial charge in [0.15, 0.2) is 5.78 Å². The predicted molar refractivity (Wildman–Crippen MR) is 90.6 cm³/mol. The van der Waals surface area contributed by atoms with Crippen LogP contribution in [0.15, 0.2) is 24.3 Å². The number of ketones is 1. The van der Waals surface area contributed by atoms with Crippen LogP contribution in [0, 0.1) is 13.8 Å². The Morgan fingerprint density at radius 2 is 1.96 bits per heavy atom. The van der Waals surface area contributed by atoms with Gasteiger partial charge in [0.05, 0.1) is 12.8 Å². The number of thiophene rings is 1. The molecule has 23 heavy (non-hydrogen) atoms. The summed E-state index contributed by atoms with van der Waals surface area (Å²) >= 11 is 1.57. The van der Waals surface area contributed by atoms with E-state index >= 15 is 0 Å². The molecular formula is C17H19NO4S. The molecule has 2 rings (SSSR count). The number of rotatable bonds is 6. The molecule has 0 saturated heterocycles. The monoisotopic (exact) mass is 333 g/mol. The van der Waals surface area contributed by atoms with Crippen molar-refractivity contribution in [1.29, 1.82) is 0 Å². The Balaban J connectivity index is 1.95. The first-order valence-electron chi connectivity index (χ1n) is 7.17. The zero-order valence-corrected chi connectivity index (χ0v) is 14.1. The number of carbonyl (C=O) groups excluding carboxylic acids is 2. The molecule has 2 aromatic rings. The molecule has 0 unspecified atom stereocenters. The maximum atomic E-state index is 12.2. The number of aromatic hydroxyl groups is 1.